The van der Waals surface area contributed by atoms with Crippen molar-refractivity contribution in [2.45, 2.75) is 31.6 Å². The Morgan fingerprint density at radius 3 is 1.81 bits per heavy atom. The van der Waals surface area contributed by atoms with Crippen LogP contribution in [0.3, 0.4) is 0 Å². The Bertz CT molecular complexity index is 958. The third-order valence-electron chi connectivity index (χ3n) is 4.51. The minimum atomic E-state index is -0.296. The van der Waals surface area contributed by atoms with Gasteiger partial charge in [0.25, 0.3) is 5.91 Å². The van der Waals surface area contributed by atoms with Crippen LogP contribution in [-0.2, 0) is 4.79 Å². The molecule has 0 unspecified atom stereocenters. The normalized spacial score (nSPS) is 11.2. The predicted octanol–water partition coefficient (Wildman–Crippen LogP) is 5.68. The molecule has 0 atom stereocenters. The van der Waals surface area contributed by atoms with Crippen molar-refractivity contribution < 1.29 is 9.59 Å². The lowest BCUT2D eigenvalue weighted by Crippen LogP contribution is -2.40. The molecule has 160 valence electrons. The van der Waals surface area contributed by atoms with Crippen LogP contribution in [-0.4, -0.2) is 23.1 Å². The van der Waals surface area contributed by atoms with E-state index >= 15 is 0 Å². The van der Waals surface area contributed by atoms with Crippen molar-refractivity contribution in [3.05, 3.63) is 102 Å². The predicted molar refractivity (Wildman–Crippen MR) is 129 cm³/mol. The highest BCUT2D eigenvalue weighted by atomic mass is 32.2. The second-order valence-electron chi connectivity index (χ2n) is 8.34. The quantitative estimate of drug-likeness (QED) is 0.505. The molecule has 0 aliphatic carbocycles. The van der Waals surface area contributed by atoms with E-state index in [9.17, 15) is 9.59 Å². The molecular formula is C26H28N2O2S. The molecule has 0 heterocycles. The van der Waals surface area contributed by atoms with Crippen molar-refractivity contribution in [1.29, 1.82) is 0 Å². The lowest BCUT2D eigenvalue weighted by Gasteiger charge is -2.20. The Balaban J connectivity index is 1.61. The van der Waals surface area contributed by atoms with Crippen molar-refractivity contribution in [3.63, 3.8) is 0 Å². The average molecular weight is 433 g/mol. The molecule has 3 aromatic carbocycles. The van der Waals surface area contributed by atoms with E-state index in [0.717, 1.165) is 0 Å². The molecule has 0 saturated carbocycles. The zero-order valence-corrected chi connectivity index (χ0v) is 18.9. The van der Waals surface area contributed by atoms with Crippen LogP contribution < -0.4 is 10.6 Å². The summed E-state index contributed by atoms with van der Waals surface area (Å²) in [6, 6.07) is 27.4. The van der Waals surface area contributed by atoms with E-state index in [1.807, 2.05) is 57.2 Å². The van der Waals surface area contributed by atoms with Crippen molar-refractivity contribution in [1.82, 2.24) is 5.32 Å². The van der Waals surface area contributed by atoms with E-state index in [0.29, 0.717) is 17.0 Å². The van der Waals surface area contributed by atoms with E-state index in [1.54, 1.807) is 36.0 Å². The van der Waals surface area contributed by atoms with Crippen molar-refractivity contribution in [3.8, 4) is 0 Å². The summed E-state index contributed by atoms with van der Waals surface area (Å²) >= 11 is 1.59. The number of anilines is 1. The minimum absolute atomic E-state index is 0.0752. The molecule has 0 aliphatic heterocycles. The molecule has 0 bridgehead atoms. The zero-order chi connectivity index (χ0) is 22.3. The van der Waals surface area contributed by atoms with Crippen LogP contribution in [0.5, 0.6) is 0 Å². The highest BCUT2D eigenvalue weighted by Crippen LogP contribution is 2.35. The maximum absolute atomic E-state index is 12.6. The Morgan fingerprint density at radius 1 is 0.806 bits per heavy atom. The molecule has 2 amide bonds. The number of carbonyl (C=O) groups is 2. The van der Waals surface area contributed by atoms with Crippen LogP contribution in [0.25, 0.3) is 0 Å². The molecule has 0 spiro atoms. The van der Waals surface area contributed by atoms with Crippen LogP contribution in [0.15, 0.2) is 84.9 Å². The standard InChI is InChI=1S/C26H28N2O2S/c1-26(2,3)28-25(30)21-14-16-22(17-15-21)27-23(29)18-31-24(19-10-6-4-7-11-19)20-12-8-5-9-13-20/h4-17,24H,18H2,1-3H3,(H,27,29)(H,28,30). The average Bonchev–Trinajstić information content (AvgIpc) is 2.75. The van der Waals surface area contributed by atoms with E-state index < -0.39 is 0 Å². The summed E-state index contributed by atoms with van der Waals surface area (Å²) in [6.45, 7) is 5.82. The van der Waals surface area contributed by atoms with Gasteiger partial charge in [0.1, 0.15) is 0 Å². The fourth-order valence-corrected chi connectivity index (χ4v) is 4.20. The van der Waals surface area contributed by atoms with Crippen LogP contribution >= 0.6 is 11.8 Å². The molecule has 0 radical (unpaired) electrons. The molecule has 0 saturated heterocycles. The SMILES string of the molecule is CC(C)(C)NC(=O)c1ccc(NC(=O)CSC(c2ccccc2)c2ccccc2)cc1. The van der Waals surface area contributed by atoms with Crippen molar-refractivity contribution >= 4 is 29.3 Å². The first-order chi connectivity index (χ1) is 14.8. The van der Waals surface area contributed by atoms with Gasteiger partial charge in [0.05, 0.1) is 11.0 Å². The summed E-state index contributed by atoms with van der Waals surface area (Å²) in [4.78, 5) is 24.8. The highest BCUT2D eigenvalue weighted by molar-refractivity contribution is 8.00. The molecule has 0 fully saturated rings. The van der Waals surface area contributed by atoms with Gasteiger partial charge in [-0.3, -0.25) is 9.59 Å². The number of rotatable bonds is 7. The van der Waals surface area contributed by atoms with Crippen molar-refractivity contribution in [2.75, 3.05) is 11.1 Å². The Kier molecular flexibility index (Phi) is 7.53. The second-order valence-corrected chi connectivity index (χ2v) is 9.44. The maximum atomic E-state index is 12.6. The van der Waals surface area contributed by atoms with Gasteiger partial charge >= 0.3 is 0 Å². The number of thioether (sulfide) groups is 1. The summed E-state index contributed by atoms with van der Waals surface area (Å²) < 4.78 is 0. The van der Waals surface area contributed by atoms with Gasteiger partial charge in [-0.1, -0.05) is 60.7 Å². The lowest BCUT2D eigenvalue weighted by molar-refractivity contribution is -0.113. The molecule has 3 rings (SSSR count). The fraction of sp³-hybridized carbons (Fsp3) is 0.231. The number of hydrogen-bond donors (Lipinski definition) is 2. The van der Waals surface area contributed by atoms with Gasteiger partial charge in [0, 0.05) is 16.8 Å². The smallest absolute Gasteiger partial charge is 0.251 e. The van der Waals surface area contributed by atoms with Gasteiger partial charge in [0.2, 0.25) is 5.91 Å². The number of nitrogens with one attached hydrogen (secondary N) is 2. The van der Waals surface area contributed by atoms with Crippen LogP contribution in [0, 0.1) is 0 Å². The Labute approximate surface area is 188 Å². The molecule has 3 aromatic rings. The fourth-order valence-electron chi connectivity index (χ4n) is 3.11. The van der Waals surface area contributed by atoms with Gasteiger partial charge < -0.3 is 10.6 Å². The van der Waals surface area contributed by atoms with E-state index in [-0.39, 0.29) is 22.6 Å². The van der Waals surface area contributed by atoms with E-state index in [1.165, 1.54) is 11.1 Å². The third-order valence-corrected chi connectivity index (χ3v) is 5.81. The molecular weight excluding hydrogens is 404 g/mol. The van der Waals surface area contributed by atoms with Gasteiger partial charge in [-0.25, -0.2) is 0 Å². The highest BCUT2D eigenvalue weighted by Gasteiger charge is 2.17. The topological polar surface area (TPSA) is 58.2 Å². The summed E-state index contributed by atoms with van der Waals surface area (Å²) in [7, 11) is 0. The van der Waals surface area contributed by atoms with Gasteiger partial charge in [0.15, 0.2) is 0 Å². The van der Waals surface area contributed by atoms with Crippen LogP contribution in [0.1, 0.15) is 47.5 Å². The lowest BCUT2D eigenvalue weighted by atomic mass is 10.0. The summed E-state index contributed by atoms with van der Waals surface area (Å²) in [6.07, 6.45) is 0. The Morgan fingerprint density at radius 2 is 1.32 bits per heavy atom. The molecule has 0 aliphatic rings. The monoisotopic (exact) mass is 432 g/mol. The molecule has 5 heteroatoms. The first-order valence-corrected chi connectivity index (χ1v) is 11.3. The Hall–Kier alpha value is -3.05. The molecule has 0 aromatic heterocycles. The number of amides is 2. The van der Waals surface area contributed by atoms with Gasteiger partial charge in [-0.2, -0.15) is 0 Å². The summed E-state index contributed by atoms with van der Waals surface area (Å²) in [5.41, 5.74) is 3.28. The largest absolute Gasteiger partial charge is 0.347 e. The van der Waals surface area contributed by atoms with Crippen molar-refractivity contribution in [2.24, 2.45) is 0 Å². The summed E-state index contributed by atoms with van der Waals surface area (Å²) in [5, 5.41) is 5.93. The third kappa shape index (κ3) is 7.00. The maximum Gasteiger partial charge on any atom is 0.251 e. The first-order valence-electron chi connectivity index (χ1n) is 10.3. The zero-order valence-electron chi connectivity index (χ0n) is 18.1. The van der Waals surface area contributed by atoms with Gasteiger partial charge in [-0.15, -0.1) is 11.8 Å². The number of benzene rings is 3. The van der Waals surface area contributed by atoms with Crippen LogP contribution in [0.2, 0.25) is 0 Å². The summed E-state index contributed by atoms with van der Waals surface area (Å²) in [5.74, 6) is 0.115. The minimum Gasteiger partial charge on any atom is -0.347 e. The van der Waals surface area contributed by atoms with Gasteiger partial charge in [-0.05, 0) is 56.2 Å². The second kappa shape index (κ2) is 10.3. The van der Waals surface area contributed by atoms with E-state index in [4.69, 9.17) is 0 Å². The molecule has 31 heavy (non-hydrogen) atoms. The molecule has 4 nitrogen and oxygen atoms in total. The number of hydrogen-bond acceptors (Lipinski definition) is 3. The van der Waals surface area contributed by atoms with E-state index in [2.05, 4.69) is 34.9 Å². The first kappa shape index (κ1) is 22.6. The molecule has 2 N–H and O–H groups in total. The van der Waals surface area contributed by atoms with Crippen LogP contribution in [0.4, 0.5) is 5.69 Å². The number of carbonyl (C=O) groups excluding carboxylic acids is 2.